The van der Waals surface area contributed by atoms with Crippen molar-refractivity contribution < 1.29 is 9.53 Å². The van der Waals surface area contributed by atoms with Crippen molar-refractivity contribution >= 4 is 5.78 Å². The van der Waals surface area contributed by atoms with Crippen LogP contribution >= 0.6 is 0 Å². The molecule has 0 amide bonds. The minimum Gasteiger partial charge on any atom is -0.497 e. The van der Waals surface area contributed by atoms with Gasteiger partial charge in [-0.15, -0.1) is 5.92 Å². The van der Waals surface area contributed by atoms with Crippen LogP contribution in [0, 0.1) is 11.8 Å². The summed E-state index contributed by atoms with van der Waals surface area (Å²) in [6.07, 6.45) is 3.42. The number of rotatable bonds is 5. The molecule has 1 aromatic rings. The first-order valence-electron chi connectivity index (χ1n) is 5.91. The van der Waals surface area contributed by atoms with Gasteiger partial charge in [-0.25, -0.2) is 0 Å². The van der Waals surface area contributed by atoms with E-state index in [0.29, 0.717) is 12.0 Å². The zero-order valence-corrected chi connectivity index (χ0v) is 10.5. The molecule has 0 unspecified atom stereocenters. The van der Waals surface area contributed by atoms with Crippen molar-refractivity contribution in [3.8, 4) is 17.6 Å². The Morgan fingerprint density at radius 2 is 1.94 bits per heavy atom. The van der Waals surface area contributed by atoms with Gasteiger partial charge in [-0.1, -0.05) is 19.3 Å². The predicted octanol–water partition coefficient (Wildman–Crippen LogP) is 3.46. The molecule has 0 radical (unpaired) electrons. The van der Waals surface area contributed by atoms with Crippen LogP contribution in [0.3, 0.4) is 0 Å². The summed E-state index contributed by atoms with van der Waals surface area (Å²) >= 11 is 0. The van der Waals surface area contributed by atoms with Crippen LogP contribution < -0.4 is 4.74 Å². The second kappa shape index (κ2) is 7.51. The molecular formula is C15H18O2. The highest BCUT2D eigenvalue weighted by molar-refractivity contribution is 5.97. The van der Waals surface area contributed by atoms with E-state index in [4.69, 9.17) is 4.74 Å². The van der Waals surface area contributed by atoms with Crippen molar-refractivity contribution in [1.82, 2.24) is 0 Å². The highest BCUT2D eigenvalue weighted by Crippen LogP contribution is 2.12. The molecule has 0 aromatic heterocycles. The van der Waals surface area contributed by atoms with Crippen LogP contribution in [0.1, 0.15) is 43.0 Å². The minimum atomic E-state index is 0.0663. The number of carbonyl (C=O) groups excluding carboxylic acids is 1. The summed E-state index contributed by atoms with van der Waals surface area (Å²) in [4.78, 5) is 11.7. The lowest BCUT2D eigenvalue weighted by Crippen LogP contribution is -1.97. The lowest BCUT2D eigenvalue weighted by atomic mass is 10.1. The Labute approximate surface area is 103 Å². The van der Waals surface area contributed by atoms with Crippen LogP contribution in [0.15, 0.2) is 24.3 Å². The maximum atomic E-state index is 11.7. The Hall–Kier alpha value is -1.75. The van der Waals surface area contributed by atoms with E-state index in [1.165, 1.54) is 0 Å². The largest absolute Gasteiger partial charge is 0.497 e. The Bertz CT molecular complexity index is 407. The van der Waals surface area contributed by atoms with Crippen LogP contribution in [-0.4, -0.2) is 12.9 Å². The molecule has 0 atom stereocenters. The third kappa shape index (κ3) is 4.74. The van der Waals surface area contributed by atoms with Gasteiger partial charge in [-0.05, 0) is 30.7 Å². The summed E-state index contributed by atoms with van der Waals surface area (Å²) in [5.41, 5.74) is 0.690. The molecule has 0 saturated heterocycles. The Balaban J connectivity index is 2.48. The first-order chi connectivity index (χ1) is 8.27. The van der Waals surface area contributed by atoms with E-state index in [1.54, 1.807) is 31.4 Å². The van der Waals surface area contributed by atoms with Crippen molar-refractivity contribution in [3.63, 3.8) is 0 Å². The van der Waals surface area contributed by atoms with Crippen LogP contribution in [-0.2, 0) is 0 Å². The quantitative estimate of drug-likeness (QED) is 0.440. The zero-order valence-electron chi connectivity index (χ0n) is 10.5. The van der Waals surface area contributed by atoms with Gasteiger partial charge in [0, 0.05) is 12.0 Å². The standard InChI is InChI=1S/C15H18O2/c1-3-4-5-6-7-8-15(16)13-9-11-14(17-2)12-10-13/h9-12H,3-5,8H2,1-2H3. The average molecular weight is 230 g/mol. The molecule has 90 valence electrons. The van der Waals surface area contributed by atoms with Gasteiger partial charge in [-0.2, -0.15) is 0 Å². The molecule has 17 heavy (non-hydrogen) atoms. The van der Waals surface area contributed by atoms with Gasteiger partial charge >= 0.3 is 0 Å². The molecule has 0 aliphatic carbocycles. The van der Waals surface area contributed by atoms with Gasteiger partial charge in [0.2, 0.25) is 0 Å². The molecule has 0 spiro atoms. The van der Waals surface area contributed by atoms with E-state index in [1.807, 2.05) is 0 Å². The van der Waals surface area contributed by atoms with E-state index in [2.05, 4.69) is 18.8 Å². The number of ketones is 1. The van der Waals surface area contributed by atoms with Gasteiger partial charge in [0.25, 0.3) is 0 Å². The molecule has 0 bridgehead atoms. The van der Waals surface area contributed by atoms with E-state index in [-0.39, 0.29) is 5.78 Å². The normalized spacial score (nSPS) is 9.29. The molecule has 1 rings (SSSR count). The van der Waals surface area contributed by atoms with Crippen molar-refractivity contribution in [2.45, 2.75) is 32.6 Å². The molecule has 2 heteroatoms. The van der Waals surface area contributed by atoms with Crippen molar-refractivity contribution in [1.29, 1.82) is 0 Å². The van der Waals surface area contributed by atoms with Gasteiger partial charge in [0.15, 0.2) is 5.78 Å². The summed E-state index contributed by atoms with van der Waals surface area (Å²) in [7, 11) is 1.61. The molecule has 0 heterocycles. The van der Waals surface area contributed by atoms with Gasteiger partial charge in [0.1, 0.15) is 5.75 Å². The van der Waals surface area contributed by atoms with E-state index >= 15 is 0 Å². The maximum absolute atomic E-state index is 11.7. The van der Waals surface area contributed by atoms with Gasteiger partial charge in [-0.3, -0.25) is 4.79 Å². The molecule has 0 N–H and O–H groups in total. The fourth-order valence-electron chi connectivity index (χ4n) is 1.38. The minimum absolute atomic E-state index is 0.0663. The van der Waals surface area contributed by atoms with Crippen LogP contribution in [0.2, 0.25) is 0 Å². The molecular weight excluding hydrogens is 212 g/mol. The number of methoxy groups -OCH3 is 1. The molecule has 0 saturated carbocycles. The topological polar surface area (TPSA) is 26.3 Å². The number of unbranched alkanes of at least 4 members (excludes halogenated alkanes) is 2. The van der Waals surface area contributed by atoms with Crippen LogP contribution in [0.5, 0.6) is 5.75 Å². The Morgan fingerprint density at radius 1 is 1.24 bits per heavy atom. The fourth-order valence-corrected chi connectivity index (χ4v) is 1.38. The Morgan fingerprint density at radius 3 is 2.53 bits per heavy atom. The van der Waals surface area contributed by atoms with E-state index in [9.17, 15) is 4.79 Å². The van der Waals surface area contributed by atoms with Crippen LogP contribution in [0.25, 0.3) is 0 Å². The Kier molecular flexibility index (Phi) is 5.88. The maximum Gasteiger partial charge on any atom is 0.174 e. The van der Waals surface area contributed by atoms with E-state index < -0.39 is 0 Å². The number of carbonyl (C=O) groups is 1. The fraction of sp³-hybridized carbons (Fsp3) is 0.400. The van der Waals surface area contributed by atoms with Crippen molar-refractivity contribution in [2.24, 2.45) is 0 Å². The lowest BCUT2D eigenvalue weighted by Gasteiger charge is -2.00. The third-order valence-corrected chi connectivity index (χ3v) is 2.44. The van der Waals surface area contributed by atoms with Crippen molar-refractivity contribution in [2.75, 3.05) is 7.11 Å². The summed E-state index contributed by atoms with van der Waals surface area (Å²) in [5, 5.41) is 0. The number of benzene rings is 1. The van der Waals surface area contributed by atoms with Gasteiger partial charge < -0.3 is 4.74 Å². The predicted molar refractivity (Wildman–Crippen MR) is 69.2 cm³/mol. The first-order valence-corrected chi connectivity index (χ1v) is 5.91. The zero-order chi connectivity index (χ0) is 12.5. The number of Topliss-reactive ketones (excluding diaryl/α,β-unsaturated/α-hetero) is 1. The third-order valence-electron chi connectivity index (χ3n) is 2.44. The molecule has 0 fully saturated rings. The van der Waals surface area contributed by atoms with Crippen molar-refractivity contribution in [3.05, 3.63) is 29.8 Å². The molecule has 1 aromatic carbocycles. The number of hydrogen-bond acceptors (Lipinski definition) is 2. The summed E-state index contributed by atoms with van der Waals surface area (Å²) in [5.74, 6) is 6.76. The average Bonchev–Trinajstić information content (AvgIpc) is 2.38. The molecule has 0 aliphatic heterocycles. The molecule has 2 nitrogen and oxygen atoms in total. The first kappa shape index (κ1) is 13.3. The molecule has 0 aliphatic rings. The second-order valence-corrected chi connectivity index (χ2v) is 3.79. The monoisotopic (exact) mass is 230 g/mol. The summed E-state index contributed by atoms with van der Waals surface area (Å²) in [6, 6.07) is 7.12. The summed E-state index contributed by atoms with van der Waals surface area (Å²) in [6.45, 7) is 2.13. The highest BCUT2D eigenvalue weighted by atomic mass is 16.5. The second-order valence-electron chi connectivity index (χ2n) is 3.79. The SMILES string of the molecule is CCCCC#CCC(=O)c1ccc(OC)cc1. The van der Waals surface area contributed by atoms with E-state index in [0.717, 1.165) is 25.0 Å². The highest BCUT2D eigenvalue weighted by Gasteiger charge is 2.03. The number of ether oxygens (including phenoxy) is 1. The lowest BCUT2D eigenvalue weighted by molar-refractivity contribution is 0.0998. The number of hydrogen-bond donors (Lipinski definition) is 0. The van der Waals surface area contributed by atoms with Crippen LogP contribution in [0.4, 0.5) is 0 Å². The van der Waals surface area contributed by atoms with Gasteiger partial charge in [0.05, 0.1) is 13.5 Å². The summed E-state index contributed by atoms with van der Waals surface area (Å²) < 4.78 is 5.04. The smallest absolute Gasteiger partial charge is 0.174 e.